The molecule has 0 saturated carbocycles. The van der Waals surface area contributed by atoms with Gasteiger partial charge >= 0.3 is 0 Å². The van der Waals surface area contributed by atoms with Gasteiger partial charge in [-0.1, -0.05) is 24.0 Å². The fourth-order valence-corrected chi connectivity index (χ4v) is 2.67. The van der Waals surface area contributed by atoms with Crippen LogP contribution in [0.25, 0.3) is 0 Å². The first-order valence-corrected chi connectivity index (χ1v) is 5.90. The van der Waals surface area contributed by atoms with Crippen molar-refractivity contribution in [2.75, 3.05) is 17.8 Å². The van der Waals surface area contributed by atoms with Crippen molar-refractivity contribution in [3.8, 4) is 5.75 Å². The van der Waals surface area contributed by atoms with E-state index >= 15 is 0 Å². The van der Waals surface area contributed by atoms with Gasteiger partial charge in [0, 0.05) is 11.4 Å². The maximum absolute atomic E-state index is 9.73. The van der Waals surface area contributed by atoms with Gasteiger partial charge in [0.15, 0.2) is 0 Å². The first kappa shape index (κ1) is 10.7. The molecule has 80 valence electrons. The minimum atomic E-state index is -0.518. The molecule has 15 heavy (non-hydrogen) atoms. The van der Waals surface area contributed by atoms with Crippen LogP contribution in [0, 0.1) is 0 Å². The zero-order valence-electron chi connectivity index (χ0n) is 8.21. The third kappa shape index (κ3) is 2.09. The molecule has 0 amide bonds. The summed E-state index contributed by atoms with van der Waals surface area (Å²) < 4.78 is 5.78. The molecule has 0 radical (unpaired) electrons. The number of nitrogens with zero attached hydrogens (tertiary/aromatic N) is 1. The summed E-state index contributed by atoms with van der Waals surface area (Å²) >= 11 is 6.65. The number of anilines is 1. The number of benzene rings is 1. The Labute approximate surface area is 98.0 Å². The molecule has 1 aromatic carbocycles. The Balaban J connectivity index is 2.25. The van der Waals surface area contributed by atoms with Crippen LogP contribution in [0.4, 0.5) is 5.69 Å². The van der Waals surface area contributed by atoms with Crippen LogP contribution < -0.4 is 9.64 Å². The van der Waals surface area contributed by atoms with Crippen LogP contribution in [0.3, 0.4) is 0 Å². The van der Waals surface area contributed by atoms with E-state index in [-0.39, 0.29) is 0 Å². The Hall–Kier alpha value is -0.780. The maximum Gasteiger partial charge on any atom is 0.143 e. The predicted molar refractivity (Wildman–Crippen MR) is 66.5 cm³/mol. The molecule has 1 saturated heterocycles. The Bertz CT molecular complexity index is 366. The highest BCUT2D eigenvalue weighted by Gasteiger charge is 2.28. The van der Waals surface area contributed by atoms with E-state index in [1.165, 1.54) is 11.8 Å². The second-order valence-corrected chi connectivity index (χ2v) is 4.78. The monoisotopic (exact) mass is 241 g/mol. The molecule has 2 rings (SSSR count). The van der Waals surface area contributed by atoms with E-state index in [1.54, 1.807) is 12.0 Å². The van der Waals surface area contributed by atoms with Crippen molar-refractivity contribution in [1.82, 2.24) is 0 Å². The van der Waals surface area contributed by atoms with Crippen molar-refractivity contribution in [2.45, 2.75) is 6.23 Å². The number of hydrogen-bond acceptors (Lipinski definition) is 4. The van der Waals surface area contributed by atoms with Gasteiger partial charge in [-0.05, 0) is 24.3 Å². The quantitative estimate of drug-likeness (QED) is 0.799. The van der Waals surface area contributed by atoms with Crippen LogP contribution in [0.5, 0.6) is 5.75 Å². The second kappa shape index (κ2) is 4.38. The van der Waals surface area contributed by atoms with Gasteiger partial charge in [0.1, 0.15) is 16.3 Å². The van der Waals surface area contributed by atoms with Gasteiger partial charge < -0.3 is 14.7 Å². The number of ether oxygens (including phenoxy) is 1. The highest BCUT2D eigenvalue weighted by Crippen LogP contribution is 2.30. The van der Waals surface area contributed by atoms with E-state index in [9.17, 15) is 5.11 Å². The molecule has 1 fully saturated rings. The SMILES string of the molecule is COc1ccc(N2C(=S)SC[C@H]2O)cc1. The average molecular weight is 241 g/mol. The maximum atomic E-state index is 9.73. The zero-order valence-corrected chi connectivity index (χ0v) is 9.85. The first-order chi connectivity index (χ1) is 7.22. The van der Waals surface area contributed by atoms with Gasteiger partial charge in [-0.25, -0.2) is 0 Å². The summed E-state index contributed by atoms with van der Waals surface area (Å²) in [6, 6.07) is 7.49. The van der Waals surface area contributed by atoms with E-state index < -0.39 is 6.23 Å². The number of hydrogen-bond donors (Lipinski definition) is 1. The third-order valence-electron chi connectivity index (χ3n) is 2.20. The van der Waals surface area contributed by atoms with E-state index in [0.717, 1.165) is 11.4 Å². The van der Waals surface area contributed by atoms with Crippen molar-refractivity contribution in [3.05, 3.63) is 24.3 Å². The molecule has 1 aliphatic heterocycles. The summed E-state index contributed by atoms with van der Waals surface area (Å²) in [5.41, 5.74) is 0.901. The topological polar surface area (TPSA) is 32.7 Å². The molecular weight excluding hydrogens is 230 g/mol. The molecule has 0 aliphatic carbocycles. The van der Waals surface area contributed by atoms with Crippen LogP contribution in [-0.2, 0) is 0 Å². The molecule has 0 aromatic heterocycles. The Morgan fingerprint density at radius 2 is 2.13 bits per heavy atom. The van der Waals surface area contributed by atoms with Crippen molar-refractivity contribution >= 4 is 34.0 Å². The van der Waals surface area contributed by atoms with Crippen molar-refractivity contribution in [3.63, 3.8) is 0 Å². The lowest BCUT2D eigenvalue weighted by Gasteiger charge is -2.21. The van der Waals surface area contributed by atoms with Crippen LogP contribution in [0.2, 0.25) is 0 Å². The van der Waals surface area contributed by atoms with Crippen molar-refractivity contribution < 1.29 is 9.84 Å². The lowest BCUT2D eigenvalue weighted by molar-refractivity contribution is 0.213. The summed E-state index contributed by atoms with van der Waals surface area (Å²) in [5, 5.41) is 9.73. The Morgan fingerprint density at radius 1 is 1.47 bits per heavy atom. The minimum absolute atomic E-state index is 0.518. The van der Waals surface area contributed by atoms with E-state index in [0.29, 0.717) is 10.1 Å². The summed E-state index contributed by atoms with van der Waals surface area (Å²) in [5.74, 6) is 1.43. The normalized spacial score (nSPS) is 20.8. The van der Waals surface area contributed by atoms with E-state index in [4.69, 9.17) is 17.0 Å². The minimum Gasteiger partial charge on any atom is -0.497 e. The van der Waals surface area contributed by atoms with Crippen LogP contribution in [0.15, 0.2) is 24.3 Å². The van der Waals surface area contributed by atoms with Crippen LogP contribution >= 0.6 is 24.0 Å². The summed E-state index contributed by atoms with van der Waals surface area (Å²) in [6.45, 7) is 0. The standard InChI is InChI=1S/C10H11NO2S2/c1-13-8-4-2-7(3-5-8)11-9(12)6-15-10(11)14/h2-5,9,12H,6H2,1H3/t9-/m1/s1. The number of rotatable bonds is 2. The van der Waals surface area contributed by atoms with Crippen molar-refractivity contribution in [2.24, 2.45) is 0 Å². The van der Waals surface area contributed by atoms with Crippen LogP contribution in [-0.4, -0.2) is 28.5 Å². The molecule has 0 spiro atoms. The van der Waals surface area contributed by atoms with Crippen LogP contribution in [0.1, 0.15) is 0 Å². The summed E-state index contributed by atoms with van der Waals surface area (Å²) in [6.07, 6.45) is -0.518. The number of aliphatic hydroxyl groups is 1. The fraction of sp³-hybridized carbons (Fsp3) is 0.300. The number of methoxy groups -OCH3 is 1. The van der Waals surface area contributed by atoms with Gasteiger partial charge in [-0.15, -0.1) is 0 Å². The molecule has 1 aliphatic rings. The van der Waals surface area contributed by atoms with Gasteiger partial charge in [-0.2, -0.15) is 0 Å². The summed E-state index contributed by atoms with van der Waals surface area (Å²) in [4.78, 5) is 1.75. The van der Waals surface area contributed by atoms with Gasteiger partial charge in [0.2, 0.25) is 0 Å². The van der Waals surface area contributed by atoms with E-state index in [2.05, 4.69) is 0 Å². The molecule has 3 nitrogen and oxygen atoms in total. The smallest absolute Gasteiger partial charge is 0.143 e. The van der Waals surface area contributed by atoms with E-state index in [1.807, 2.05) is 24.3 Å². The highest BCUT2D eigenvalue weighted by atomic mass is 32.2. The first-order valence-electron chi connectivity index (χ1n) is 4.50. The second-order valence-electron chi connectivity index (χ2n) is 3.13. The lowest BCUT2D eigenvalue weighted by atomic mass is 10.3. The fourth-order valence-electron chi connectivity index (χ4n) is 1.43. The van der Waals surface area contributed by atoms with Crippen molar-refractivity contribution in [1.29, 1.82) is 0 Å². The lowest BCUT2D eigenvalue weighted by Crippen LogP contribution is -2.32. The molecule has 1 heterocycles. The van der Waals surface area contributed by atoms with Gasteiger partial charge in [-0.3, -0.25) is 0 Å². The highest BCUT2D eigenvalue weighted by molar-refractivity contribution is 8.23. The van der Waals surface area contributed by atoms with Gasteiger partial charge in [0.25, 0.3) is 0 Å². The molecule has 1 N–H and O–H groups in total. The molecule has 0 unspecified atom stereocenters. The Kier molecular flexibility index (Phi) is 3.14. The predicted octanol–water partition coefficient (Wildman–Crippen LogP) is 1.85. The Morgan fingerprint density at radius 3 is 2.60 bits per heavy atom. The molecule has 5 heteroatoms. The molecule has 0 bridgehead atoms. The molecule has 1 aromatic rings. The number of thiocarbonyl (C=S) groups is 1. The summed E-state index contributed by atoms with van der Waals surface area (Å²) in [7, 11) is 1.63. The molecule has 1 atom stereocenters. The molecular formula is C10H11NO2S2. The number of aliphatic hydroxyl groups excluding tert-OH is 1. The third-order valence-corrected chi connectivity index (χ3v) is 3.66. The van der Waals surface area contributed by atoms with Gasteiger partial charge in [0.05, 0.1) is 7.11 Å². The zero-order chi connectivity index (χ0) is 10.8. The number of thioether (sulfide) groups is 1. The average Bonchev–Trinajstić information content (AvgIpc) is 2.59. The largest absolute Gasteiger partial charge is 0.497 e.